The summed E-state index contributed by atoms with van der Waals surface area (Å²) >= 11 is 5.72. The van der Waals surface area contributed by atoms with Gasteiger partial charge in [-0.05, 0) is 31.5 Å². The molecule has 0 saturated heterocycles. The number of carbonyl (C=O) groups is 1. The van der Waals surface area contributed by atoms with Crippen molar-refractivity contribution < 1.29 is 23.2 Å². The van der Waals surface area contributed by atoms with Gasteiger partial charge < -0.3 is 9.05 Å². The van der Waals surface area contributed by atoms with Gasteiger partial charge in [-0.15, -0.1) is 0 Å². The molecule has 0 amide bonds. The molecule has 1 N–H and O–H groups in total. The van der Waals surface area contributed by atoms with Crippen LogP contribution in [-0.4, -0.2) is 11.5 Å². The van der Waals surface area contributed by atoms with Gasteiger partial charge in [-0.1, -0.05) is 48.5 Å². The molecule has 25 heavy (non-hydrogen) atoms. The molecule has 0 aliphatic carbocycles. The van der Waals surface area contributed by atoms with Gasteiger partial charge in [0.05, 0.1) is 6.61 Å². The molecule has 0 bridgehead atoms. The molecule has 6 nitrogen and oxygen atoms in total. The minimum atomic E-state index is -4.13. The Morgan fingerprint density at radius 2 is 1.64 bits per heavy atom. The fraction of sp³-hybridized carbons (Fsp3) is 0.235. The highest BCUT2D eigenvalue weighted by Gasteiger charge is 2.37. The van der Waals surface area contributed by atoms with Crippen LogP contribution in [0.2, 0.25) is 0 Å². The summed E-state index contributed by atoms with van der Waals surface area (Å²) < 4.78 is 22.0. The molecule has 2 aromatic rings. The highest BCUT2D eigenvalue weighted by Crippen LogP contribution is 2.53. The summed E-state index contributed by atoms with van der Waals surface area (Å²) in [7, 11) is 0. The molecule has 0 radical (unpaired) electrons. The van der Waals surface area contributed by atoms with Gasteiger partial charge in [0, 0.05) is 11.2 Å². The summed E-state index contributed by atoms with van der Waals surface area (Å²) in [5.74, 6) is -0.630. The zero-order valence-corrected chi connectivity index (χ0v) is 15.5. The molecule has 2 aromatic carbocycles. The number of halogens is 1. The lowest BCUT2D eigenvalue weighted by molar-refractivity contribution is -0.148. The van der Waals surface area contributed by atoms with Crippen molar-refractivity contribution in [1.82, 2.24) is 5.48 Å². The number of hydrogen-bond donors (Lipinski definition) is 1. The van der Waals surface area contributed by atoms with Crippen LogP contribution in [0.15, 0.2) is 60.7 Å². The molecule has 134 valence electrons. The minimum absolute atomic E-state index is 0.236. The lowest BCUT2D eigenvalue weighted by Crippen LogP contribution is -2.47. The van der Waals surface area contributed by atoms with Crippen molar-refractivity contribution in [3.8, 4) is 5.75 Å². The van der Waals surface area contributed by atoms with Gasteiger partial charge in [0.25, 0.3) is 0 Å². The van der Waals surface area contributed by atoms with E-state index in [1.54, 1.807) is 30.3 Å². The molecule has 1 atom stereocenters. The smallest absolute Gasteiger partial charge is 0.405 e. The number of para-hydroxylation sites is 1. The van der Waals surface area contributed by atoms with Gasteiger partial charge in [0.2, 0.25) is 0 Å². The summed E-state index contributed by atoms with van der Waals surface area (Å²) in [6.07, 6.45) is 0. The molecule has 0 aliphatic rings. The highest BCUT2D eigenvalue weighted by atomic mass is 35.7. The maximum Gasteiger partial charge on any atom is 0.532 e. The van der Waals surface area contributed by atoms with Gasteiger partial charge >= 0.3 is 12.9 Å². The van der Waals surface area contributed by atoms with Gasteiger partial charge in [0.1, 0.15) is 11.3 Å². The second-order valence-electron chi connectivity index (χ2n) is 5.72. The molecule has 0 heterocycles. The number of nitrogens with one attached hydrogen (secondary N) is 1. The molecule has 0 aromatic heterocycles. The fourth-order valence-corrected chi connectivity index (χ4v) is 3.02. The van der Waals surface area contributed by atoms with Crippen LogP contribution in [0.25, 0.3) is 0 Å². The molecular weight excluding hydrogens is 365 g/mol. The van der Waals surface area contributed by atoms with E-state index in [1.165, 1.54) is 13.8 Å². The minimum Gasteiger partial charge on any atom is -0.405 e. The highest BCUT2D eigenvalue weighted by molar-refractivity contribution is 7.82. The van der Waals surface area contributed by atoms with Crippen molar-refractivity contribution >= 4 is 24.2 Å². The second kappa shape index (κ2) is 8.50. The Bertz CT molecular complexity index is 739. The molecule has 0 fully saturated rings. The van der Waals surface area contributed by atoms with Crippen LogP contribution in [0.4, 0.5) is 0 Å². The maximum atomic E-state index is 12.2. The van der Waals surface area contributed by atoms with Gasteiger partial charge in [-0.25, -0.2) is 9.36 Å². The molecule has 1 unspecified atom stereocenters. The van der Waals surface area contributed by atoms with Crippen molar-refractivity contribution in [3.63, 3.8) is 0 Å². The third-order valence-electron chi connectivity index (χ3n) is 3.07. The Hall–Kier alpha value is -1.85. The number of hydrogen-bond acceptors (Lipinski definition) is 6. The van der Waals surface area contributed by atoms with E-state index in [1.807, 2.05) is 30.3 Å². The summed E-state index contributed by atoms with van der Waals surface area (Å²) in [5.41, 5.74) is 2.23. The van der Waals surface area contributed by atoms with E-state index in [9.17, 15) is 9.36 Å². The predicted octanol–water partition coefficient (Wildman–Crippen LogP) is 4.46. The standard InChI is InChI=1S/C17H19ClNO5P/c1-17(2,19-22-13-14-9-5-3-6-10-14)16(20)24-25(18,21)23-15-11-7-4-8-12-15/h3-12,19H,13H2,1-2H3. The first-order valence-corrected chi connectivity index (χ1v) is 9.94. The first-order valence-electron chi connectivity index (χ1n) is 7.50. The summed E-state index contributed by atoms with van der Waals surface area (Å²) in [5, 5.41) is 0. The largest absolute Gasteiger partial charge is 0.532 e. The van der Waals surface area contributed by atoms with Crippen LogP contribution in [0.3, 0.4) is 0 Å². The molecular formula is C17H19ClNO5P. The van der Waals surface area contributed by atoms with E-state index < -0.39 is 18.5 Å². The Morgan fingerprint density at radius 3 is 2.24 bits per heavy atom. The zero-order valence-electron chi connectivity index (χ0n) is 13.8. The van der Waals surface area contributed by atoms with Crippen molar-refractivity contribution in [2.24, 2.45) is 0 Å². The number of benzene rings is 2. The summed E-state index contributed by atoms with van der Waals surface area (Å²) in [6.45, 7) is -0.856. The average Bonchev–Trinajstić information content (AvgIpc) is 2.55. The van der Waals surface area contributed by atoms with Crippen molar-refractivity contribution in [2.75, 3.05) is 0 Å². The van der Waals surface area contributed by atoms with E-state index in [-0.39, 0.29) is 12.4 Å². The second-order valence-corrected chi connectivity index (χ2v) is 8.18. The van der Waals surface area contributed by atoms with Gasteiger partial charge in [0.15, 0.2) is 0 Å². The normalized spacial score (nSPS) is 13.7. The van der Waals surface area contributed by atoms with Crippen molar-refractivity contribution in [3.05, 3.63) is 66.2 Å². The topological polar surface area (TPSA) is 73.9 Å². The lowest BCUT2D eigenvalue weighted by atomic mass is 10.1. The summed E-state index contributed by atoms with van der Waals surface area (Å²) in [6, 6.07) is 17.6. The first-order chi connectivity index (χ1) is 11.8. The number of hydroxylamine groups is 1. The van der Waals surface area contributed by atoms with Crippen molar-refractivity contribution in [2.45, 2.75) is 26.0 Å². The average molecular weight is 384 g/mol. The van der Waals surface area contributed by atoms with E-state index >= 15 is 0 Å². The lowest BCUT2D eigenvalue weighted by Gasteiger charge is -2.24. The SMILES string of the molecule is CC(C)(NOCc1ccccc1)C(=O)OP(=O)(Cl)Oc1ccccc1. The Kier molecular flexibility index (Phi) is 6.62. The fourth-order valence-electron chi connectivity index (χ4n) is 1.75. The molecule has 0 spiro atoms. The van der Waals surface area contributed by atoms with Gasteiger partial charge in [-0.3, -0.25) is 4.84 Å². The molecule has 0 saturated carbocycles. The molecule has 0 aliphatic heterocycles. The molecule has 2 rings (SSSR count). The van der Waals surface area contributed by atoms with Crippen LogP contribution in [-0.2, 0) is 25.3 Å². The van der Waals surface area contributed by atoms with E-state index in [0.29, 0.717) is 0 Å². The van der Waals surface area contributed by atoms with Crippen LogP contribution < -0.4 is 10.0 Å². The summed E-state index contributed by atoms with van der Waals surface area (Å²) in [4.78, 5) is 17.5. The van der Waals surface area contributed by atoms with E-state index in [2.05, 4.69) is 5.48 Å². The zero-order chi connectivity index (χ0) is 18.3. The van der Waals surface area contributed by atoms with Crippen LogP contribution in [0, 0.1) is 0 Å². The Morgan fingerprint density at radius 1 is 1.08 bits per heavy atom. The van der Waals surface area contributed by atoms with Gasteiger partial charge in [-0.2, -0.15) is 5.48 Å². The van der Waals surface area contributed by atoms with Crippen LogP contribution >= 0.6 is 18.2 Å². The third-order valence-corrected chi connectivity index (χ3v) is 4.30. The van der Waals surface area contributed by atoms with E-state index in [0.717, 1.165) is 5.56 Å². The number of rotatable bonds is 8. The first kappa shape index (κ1) is 19.5. The maximum absolute atomic E-state index is 12.2. The predicted molar refractivity (Wildman–Crippen MR) is 95.1 cm³/mol. The van der Waals surface area contributed by atoms with Crippen LogP contribution in [0.1, 0.15) is 19.4 Å². The van der Waals surface area contributed by atoms with Crippen molar-refractivity contribution in [1.29, 1.82) is 0 Å². The monoisotopic (exact) mass is 383 g/mol. The Labute approximate surface area is 151 Å². The number of carbonyl (C=O) groups excluding carboxylic acids is 1. The van der Waals surface area contributed by atoms with E-state index in [4.69, 9.17) is 25.1 Å². The molecule has 8 heteroatoms. The Balaban J connectivity index is 1.87. The quantitative estimate of drug-likeness (QED) is 0.536. The van der Waals surface area contributed by atoms with Crippen LogP contribution in [0.5, 0.6) is 5.75 Å². The third kappa shape index (κ3) is 6.52.